The molecular weight excluding hydrogens is 278 g/mol. The summed E-state index contributed by atoms with van der Waals surface area (Å²) in [7, 11) is -3.61. The number of aliphatic hydroxyl groups excluding tert-OH is 1. The van der Waals surface area contributed by atoms with Gasteiger partial charge >= 0.3 is 0 Å². The average molecular weight is 301 g/mol. The Bertz CT molecular complexity index is 528. The van der Waals surface area contributed by atoms with Crippen molar-refractivity contribution in [1.82, 2.24) is 4.72 Å². The lowest BCUT2D eigenvalue weighted by atomic mass is 10.1. The van der Waals surface area contributed by atoms with Gasteiger partial charge in [-0.1, -0.05) is 19.1 Å². The fourth-order valence-electron chi connectivity index (χ4n) is 1.90. The molecule has 0 aromatic heterocycles. The number of rotatable bonds is 8. The Labute approximate surface area is 121 Å². The molecule has 0 spiro atoms. The SMILES string of the molecule is CCOCC(C)NS(=O)(=O)c1cc(CO)ccc1CC. The van der Waals surface area contributed by atoms with Gasteiger partial charge in [0.25, 0.3) is 0 Å². The molecule has 114 valence electrons. The summed E-state index contributed by atoms with van der Waals surface area (Å²) in [5.74, 6) is 0. The zero-order chi connectivity index (χ0) is 15.2. The molecule has 20 heavy (non-hydrogen) atoms. The van der Waals surface area contributed by atoms with Crippen LogP contribution in [-0.4, -0.2) is 32.8 Å². The zero-order valence-corrected chi connectivity index (χ0v) is 13.0. The van der Waals surface area contributed by atoms with E-state index in [1.54, 1.807) is 19.1 Å². The van der Waals surface area contributed by atoms with Gasteiger partial charge in [0, 0.05) is 12.6 Å². The van der Waals surface area contributed by atoms with E-state index in [-0.39, 0.29) is 17.5 Å². The molecule has 0 amide bonds. The number of hydrogen-bond acceptors (Lipinski definition) is 4. The topological polar surface area (TPSA) is 75.6 Å². The molecule has 0 saturated heterocycles. The van der Waals surface area contributed by atoms with Crippen molar-refractivity contribution < 1.29 is 18.3 Å². The van der Waals surface area contributed by atoms with Crippen LogP contribution in [0, 0.1) is 0 Å². The molecule has 2 N–H and O–H groups in total. The standard InChI is InChI=1S/C14H23NO4S/c1-4-13-7-6-12(9-16)8-14(13)20(17,18)15-11(3)10-19-5-2/h6-8,11,15-16H,4-5,9-10H2,1-3H3. The quantitative estimate of drug-likeness (QED) is 0.762. The van der Waals surface area contributed by atoms with Gasteiger partial charge in [-0.05, 0) is 37.5 Å². The zero-order valence-electron chi connectivity index (χ0n) is 12.2. The minimum Gasteiger partial charge on any atom is -0.392 e. The third-order valence-electron chi connectivity index (χ3n) is 2.91. The Hall–Kier alpha value is -0.950. The van der Waals surface area contributed by atoms with E-state index in [0.717, 1.165) is 5.56 Å². The van der Waals surface area contributed by atoms with E-state index in [9.17, 15) is 8.42 Å². The van der Waals surface area contributed by atoms with E-state index in [2.05, 4.69) is 4.72 Å². The van der Waals surface area contributed by atoms with Gasteiger partial charge in [0.15, 0.2) is 0 Å². The van der Waals surface area contributed by atoms with Crippen LogP contribution in [0.2, 0.25) is 0 Å². The summed E-state index contributed by atoms with van der Waals surface area (Å²) in [6, 6.07) is 4.70. The number of sulfonamides is 1. The number of aliphatic hydroxyl groups is 1. The van der Waals surface area contributed by atoms with Gasteiger partial charge in [0.2, 0.25) is 10.0 Å². The predicted octanol–water partition coefficient (Wildman–Crippen LogP) is 1.44. The maximum atomic E-state index is 12.4. The van der Waals surface area contributed by atoms with E-state index in [1.807, 2.05) is 13.8 Å². The van der Waals surface area contributed by atoms with E-state index in [1.165, 1.54) is 6.07 Å². The molecule has 1 atom stereocenters. The van der Waals surface area contributed by atoms with Crippen molar-refractivity contribution in [3.05, 3.63) is 29.3 Å². The minimum absolute atomic E-state index is 0.180. The van der Waals surface area contributed by atoms with Gasteiger partial charge in [0.05, 0.1) is 18.1 Å². The lowest BCUT2D eigenvalue weighted by molar-refractivity contribution is 0.133. The Morgan fingerprint density at radius 2 is 2.05 bits per heavy atom. The molecule has 0 saturated carbocycles. The Kier molecular flexibility index (Phi) is 6.61. The van der Waals surface area contributed by atoms with Crippen LogP contribution in [0.4, 0.5) is 0 Å². The van der Waals surface area contributed by atoms with Crippen LogP contribution >= 0.6 is 0 Å². The molecular formula is C14H23NO4S. The van der Waals surface area contributed by atoms with Crippen molar-refractivity contribution in [1.29, 1.82) is 0 Å². The summed E-state index contributed by atoms with van der Waals surface area (Å²) in [4.78, 5) is 0.231. The van der Waals surface area contributed by atoms with E-state index in [0.29, 0.717) is 25.2 Å². The number of aryl methyl sites for hydroxylation is 1. The number of hydrogen-bond donors (Lipinski definition) is 2. The van der Waals surface area contributed by atoms with Gasteiger partial charge in [-0.15, -0.1) is 0 Å². The summed E-state index contributed by atoms with van der Waals surface area (Å²) < 4.78 is 32.6. The second kappa shape index (κ2) is 7.73. The normalized spacial score (nSPS) is 13.4. The molecule has 5 nitrogen and oxygen atoms in total. The molecule has 1 aromatic rings. The van der Waals surface area contributed by atoms with Crippen molar-refractivity contribution in [2.75, 3.05) is 13.2 Å². The Morgan fingerprint density at radius 3 is 2.60 bits per heavy atom. The summed E-state index contributed by atoms with van der Waals surface area (Å²) in [6.07, 6.45) is 0.613. The van der Waals surface area contributed by atoms with Crippen molar-refractivity contribution in [3.8, 4) is 0 Å². The van der Waals surface area contributed by atoms with Crippen LogP contribution in [0.5, 0.6) is 0 Å². The monoisotopic (exact) mass is 301 g/mol. The van der Waals surface area contributed by atoms with Crippen LogP contribution in [0.1, 0.15) is 31.9 Å². The molecule has 0 heterocycles. The molecule has 1 aromatic carbocycles. The Morgan fingerprint density at radius 1 is 1.35 bits per heavy atom. The third-order valence-corrected chi connectivity index (χ3v) is 4.58. The molecule has 6 heteroatoms. The minimum atomic E-state index is -3.61. The van der Waals surface area contributed by atoms with Gasteiger partial charge in [-0.25, -0.2) is 13.1 Å². The summed E-state index contributed by atoms with van der Waals surface area (Å²) in [5, 5.41) is 9.15. The van der Waals surface area contributed by atoms with Crippen LogP contribution in [0.25, 0.3) is 0 Å². The molecule has 0 aliphatic heterocycles. The van der Waals surface area contributed by atoms with Crippen LogP contribution < -0.4 is 4.72 Å². The molecule has 0 radical (unpaired) electrons. The first-order chi connectivity index (χ1) is 9.44. The van der Waals surface area contributed by atoms with E-state index in [4.69, 9.17) is 9.84 Å². The van der Waals surface area contributed by atoms with Gasteiger partial charge in [-0.3, -0.25) is 0 Å². The second-order valence-corrected chi connectivity index (χ2v) is 6.32. The highest BCUT2D eigenvalue weighted by Crippen LogP contribution is 2.19. The molecule has 0 aliphatic rings. The smallest absolute Gasteiger partial charge is 0.241 e. The van der Waals surface area contributed by atoms with Crippen molar-refractivity contribution in [3.63, 3.8) is 0 Å². The van der Waals surface area contributed by atoms with Gasteiger partial charge in [0.1, 0.15) is 0 Å². The van der Waals surface area contributed by atoms with Gasteiger partial charge < -0.3 is 9.84 Å². The molecule has 0 fully saturated rings. The molecule has 0 bridgehead atoms. The lowest BCUT2D eigenvalue weighted by Crippen LogP contribution is -2.36. The predicted molar refractivity (Wildman–Crippen MR) is 78.0 cm³/mol. The second-order valence-electron chi connectivity index (χ2n) is 4.64. The fraction of sp³-hybridized carbons (Fsp3) is 0.571. The number of ether oxygens (including phenoxy) is 1. The third kappa shape index (κ3) is 4.56. The molecule has 1 unspecified atom stereocenters. The van der Waals surface area contributed by atoms with Crippen molar-refractivity contribution in [2.24, 2.45) is 0 Å². The highest BCUT2D eigenvalue weighted by atomic mass is 32.2. The highest BCUT2D eigenvalue weighted by Gasteiger charge is 2.20. The van der Waals surface area contributed by atoms with Crippen LogP contribution in [-0.2, 0) is 27.8 Å². The van der Waals surface area contributed by atoms with Crippen LogP contribution in [0.15, 0.2) is 23.1 Å². The van der Waals surface area contributed by atoms with Crippen molar-refractivity contribution >= 4 is 10.0 Å². The molecule has 0 aliphatic carbocycles. The summed E-state index contributed by atoms with van der Waals surface area (Å²) in [6.45, 7) is 6.22. The average Bonchev–Trinajstić information content (AvgIpc) is 2.43. The van der Waals surface area contributed by atoms with Gasteiger partial charge in [-0.2, -0.15) is 0 Å². The largest absolute Gasteiger partial charge is 0.392 e. The number of benzene rings is 1. The summed E-state index contributed by atoms with van der Waals surface area (Å²) in [5.41, 5.74) is 1.32. The van der Waals surface area contributed by atoms with Crippen molar-refractivity contribution in [2.45, 2.75) is 44.7 Å². The first kappa shape index (κ1) is 17.1. The maximum Gasteiger partial charge on any atom is 0.241 e. The van der Waals surface area contributed by atoms with E-state index < -0.39 is 10.0 Å². The number of nitrogens with one attached hydrogen (secondary N) is 1. The maximum absolute atomic E-state index is 12.4. The first-order valence-corrected chi connectivity index (χ1v) is 8.25. The highest BCUT2D eigenvalue weighted by molar-refractivity contribution is 7.89. The molecule has 1 rings (SSSR count). The Balaban J connectivity index is 3.01. The van der Waals surface area contributed by atoms with Crippen LogP contribution in [0.3, 0.4) is 0 Å². The van der Waals surface area contributed by atoms with E-state index >= 15 is 0 Å². The summed E-state index contributed by atoms with van der Waals surface area (Å²) >= 11 is 0. The first-order valence-electron chi connectivity index (χ1n) is 6.77. The lowest BCUT2D eigenvalue weighted by Gasteiger charge is -2.16. The fourth-order valence-corrected chi connectivity index (χ4v) is 3.49.